The van der Waals surface area contributed by atoms with Gasteiger partial charge in [-0.05, 0) is 25.1 Å². The van der Waals surface area contributed by atoms with Crippen molar-refractivity contribution < 1.29 is 8.42 Å². The van der Waals surface area contributed by atoms with Crippen molar-refractivity contribution in [2.75, 3.05) is 5.73 Å². The highest BCUT2D eigenvalue weighted by atomic mass is 32.2. The third-order valence-corrected chi connectivity index (χ3v) is 3.35. The number of nitrogens with two attached hydrogens (primary N) is 2. The van der Waals surface area contributed by atoms with Crippen molar-refractivity contribution in [2.45, 2.75) is 11.8 Å². The van der Waals surface area contributed by atoms with E-state index >= 15 is 0 Å². The molecule has 0 unspecified atom stereocenters. The van der Waals surface area contributed by atoms with Crippen molar-refractivity contribution >= 4 is 15.7 Å². The van der Waals surface area contributed by atoms with Gasteiger partial charge < -0.3 is 5.73 Å². The highest BCUT2D eigenvalue weighted by Crippen LogP contribution is 2.28. The van der Waals surface area contributed by atoms with Crippen LogP contribution in [0.15, 0.2) is 35.4 Å². The van der Waals surface area contributed by atoms with Crippen molar-refractivity contribution in [1.82, 2.24) is 10.2 Å². The van der Waals surface area contributed by atoms with Gasteiger partial charge in [0.15, 0.2) is 0 Å². The molecular weight excluding hydrogens is 252 g/mol. The summed E-state index contributed by atoms with van der Waals surface area (Å²) < 4.78 is 23.1. The molecule has 6 nitrogen and oxygen atoms in total. The molecule has 0 fully saturated rings. The Kier molecular flexibility index (Phi) is 3.02. The molecule has 2 rings (SSSR count). The Morgan fingerprint density at radius 2 is 1.94 bits per heavy atom. The summed E-state index contributed by atoms with van der Waals surface area (Å²) in [6.07, 6.45) is 1.48. The largest absolute Gasteiger partial charge is 0.399 e. The van der Waals surface area contributed by atoms with Crippen molar-refractivity contribution in [3.8, 4) is 11.1 Å². The van der Waals surface area contributed by atoms with E-state index in [2.05, 4.69) is 10.2 Å². The molecule has 0 spiro atoms. The number of sulfonamides is 1. The molecule has 0 aliphatic rings. The summed E-state index contributed by atoms with van der Waals surface area (Å²) in [4.78, 5) is -0.0186. The van der Waals surface area contributed by atoms with E-state index in [0.29, 0.717) is 22.5 Å². The molecule has 0 saturated heterocycles. The summed E-state index contributed by atoms with van der Waals surface area (Å²) in [5.74, 6) is 0. The lowest BCUT2D eigenvalue weighted by Crippen LogP contribution is -2.14. The van der Waals surface area contributed by atoms with E-state index in [0.717, 1.165) is 0 Å². The number of hydrogen-bond acceptors (Lipinski definition) is 5. The standard InChI is InChI=1S/C11H12N4O2S/c1-7-4-8(6-14-15-7)10-3-2-9(12)5-11(10)18(13,16)17/h2-6H,12H2,1H3,(H2,13,16,17). The lowest BCUT2D eigenvalue weighted by atomic mass is 10.1. The minimum atomic E-state index is -3.85. The molecule has 1 heterocycles. The zero-order chi connectivity index (χ0) is 13.3. The first-order chi connectivity index (χ1) is 8.38. The third-order valence-electron chi connectivity index (χ3n) is 2.40. The summed E-state index contributed by atoms with van der Waals surface area (Å²) in [5.41, 5.74) is 7.70. The summed E-state index contributed by atoms with van der Waals surface area (Å²) in [6, 6.07) is 6.28. The highest BCUT2D eigenvalue weighted by molar-refractivity contribution is 7.89. The SMILES string of the molecule is Cc1cc(-c2ccc(N)cc2S(N)(=O)=O)cnn1. The summed E-state index contributed by atoms with van der Waals surface area (Å²) >= 11 is 0. The number of aryl methyl sites for hydroxylation is 1. The maximum absolute atomic E-state index is 11.6. The van der Waals surface area contributed by atoms with Crippen molar-refractivity contribution in [3.63, 3.8) is 0 Å². The maximum Gasteiger partial charge on any atom is 0.238 e. The van der Waals surface area contributed by atoms with Gasteiger partial charge in [-0.15, -0.1) is 0 Å². The first-order valence-electron chi connectivity index (χ1n) is 5.10. The second kappa shape index (κ2) is 4.35. The van der Waals surface area contributed by atoms with E-state index in [9.17, 15) is 8.42 Å². The van der Waals surface area contributed by atoms with Gasteiger partial charge in [-0.3, -0.25) is 0 Å². The van der Waals surface area contributed by atoms with Gasteiger partial charge in [-0.25, -0.2) is 13.6 Å². The summed E-state index contributed by atoms with van der Waals surface area (Å²) in [5, 5.41) is 12.8. The smallest absolute Gasteiger partial charge is 0.238 e. The summed E-state index contributed by atoms with van der Waals surface area (Å²) in [7, 11) is -3.85. The Morgan fingerprint density at radius 3 is 2.56 bits per heavy atom. The van der Waals surface area contributed by atoms with E-state index in [1.807, 2.05) is 0 Å². The predicted octanol–water partition coefficient (Wildman–Crippen LogP) is 0.682. The highest BCUT2D eigenvalue weighted by Gasteiger charge is 2.16. The van der Waals surface area contributed by atoms with Crippen LogP contribution >= 0.6 is 0 Å². The van der Waals surface area contributed by atoms with E-state index < -0.39 is 10.0 Å². The zero-order valence-corrected chi connectivity index (χ0v) is 10.5. The number of hydrogen-bond donors (Lipinski definition) is 2. The number of anilines is 1. The molecule has 0 bridgehead atoms. The van der Waals surface area contributed by atoms with E-state index in [1.54, 1.807) is 25.1 Å². The van der Waals surface area contributed by atoms with E-state index in [-0.39, 0.29) is 4.90 Å². The Balaban J connectivity index is 2.72. The fraction of sp³-hybridized carbons (Fsp3) is 0.0909. The molecule has 0 amide bonds. The molecule has 1 aromatic heterocycles. The quantitative estimate of drug-likeness (QED) is 0.775. The number of benzene rings is 1. The fourth-order valence-electron chi connectivity index (χ4n) is 1.63. The Bertz CT molecular complexity index is 698. The van der Waals surface area contributed by atoms with Crippen LogP contribution in [0.5, 0.6) is 0 Å². The van der Waals surface area contributed by atoms with Gasteiger partial charge in [-0.1, -0.05) is 6.07 Å². The molecule has 7 heteroatoms. The minimum Gasteiger partial charge on any atom is -0.399 e. The lowest BCUT2D eigenvalue weighted by Gasteiger charge is -2.08. The minimum absolute atomic E-state index is 0.0186. The monoisotopic (exact) mass is 264 g/mol. The Morgan fingerprint density at radius 1 is 1.22 bits per heavy atom. The van der Waals surface area contributed by atoms with Crippen LogP contribution in [0, 0.1) is 6.92 Å². The van der Waals surface area contributed by atoms with Crippen molar-refractivity contribution in [3.05, 3.63) is 36.2 Å². The number of nitrogen functional groups attached to an aromatic ring is 1. The second-order valence-electron chi connectivity index (χ2n) is 3.89. The zero-order valence-electron chi connectivity index (χ0n) is 9.66. The molecule has 0 atom stereocenters. The van der Waals surface area contributed by atoms with Crippen LogP contribution in [0.25, 0.3) is 11.1 Å². The molecular formula is C11H12N4O2S. The second-order valence-corrected chi connectivity index (χ2v) is 5.42. The maximum atomic E-state index is 11.6. The molecule has 0 saturated carbocycles. The topological polar surface area (TPSA) is 112 Å². The fourth-order valence-corrected chi connectivity index (χ4v) is 2.43. The van der Waals surface area contributed by atoms with Crippen LogP contribution in [0.3, 0.4) is 0 Å². The number of nitrogens with zero attached hydrogens (tertiary/aromatic N) is 2. The molecule has 2 aromatic rings. The Labute approximate surface area is 105 Å². The predicted molar refractivity (Wildman–Crippen MR) is 68.0 cm³/mol. The van der Waals surface area contributed by atoms with Crippen LogP contribution in [0.4, 0.5) is 5.69 Å². The van der Waals surface area contributed by atoms with Gasteiger partial charge >= 0.3 is 0 Å². The summed E-state index contributed by atoms with van der Waals surface area (Å²) in [6.45, 7) is 1.77. The van der Waals surface area contributed by atoms with Gasteiger partial charge in [0.05, 0.1) is 16.8 Å². The normalized spacial score (nSPS) is 11.4. The molecule has 4 N–H and O–H groups in total. The molecule has 18 heavy (non-hydrogen) atoms. The first kappa shape index (κ1) is 12.5. The molecule has 0 radical (unpaired) electrons. The van der Waals surface area contributed by atoms with Crippen LogP contribution in [0.2, 0.25) is 0 Å². The van der Waals surface area contributed by atoms with Crippen LogP contribution < -0.4 is 10.9 Å². The number of rotatable bonds is 2. The molecule has 0 aliphatic heterocycles. The average Bonchev–Trinajstić information content (AvgIpc) is 2.27. The van der Waals surface area contributed by atoms with E-state index in [1.165, 1.54) is 12.3 Å². The Hall–Kier alpha value is -1.99. The van der Waals surface area contributed by atoms with Crippen molar-refractivity contribution in [2.24, 2.45) is 5.14 Å². The third kappa shape index (κ3) is 2.47. The van der Waals surface area contributed by atoms with Crippen LogP contribution in [-0.4, -0.2) is 18.6 Å². The van der Waals surface area contributed by atoms with Crippen molar-refractivity contribution in [1.29, 1.82) is 0 Å². The molecule has 0 aliphatic carbocycles. The lowest BCUT2D eigenvalue weighted by molar-refractivity contribution is 0.598. The average molecular weight is 264 g/mol. The van der Waals surface area contributed by atoms with Gasteiger partial charge in [0, 0.05) is 16.8 Å². The number of primary sulfonamides is 1. The van der Waals surface area contributed by atoms with Gasteiger partial charge in [-0.2, -0.15) is 10.2 Å². The number of aromatic nitrogens is 2. The molecule has 94 valence electrons. The van der Waals surface area contributed by atoms with Crippen LogP contribution in [0.1, 0.15) is 5.69 Å². The first-order valence-corrected chi connectivity index (χ1v) is 6.64. The van der Waals surface area contributed by atoms with E-state index in [4.69, 9.17) is 10.9 Å². The molecule has 1 aromatic carbocycles. The van der Waals surface area contributed by atoms with Gasteiger partial charge in [0.1, 0.15) is 0 Å². The van der Waals surface area contributed by atoms with Crippen LogP contribution in [-0.2, 0) is 10.0 Å². The van der Waals surface area contributed by atoms with Gasteiger partial charge in [0.25, 0.3) is 0 Å². The van der Waals surface area contributed by atoms with Gasteiger partial charge in [0.2, 0.25) is 10.0 Å².